The fraction of sp³-hybridized carbons (Fsp3) is 0.368. The molecule has 1 aromatic carbocycles. The van der Waals surface area contributed by atoms with Gasteiger partial charge >= 0.3 is 0 Å². The minimum atomic E-state index is -0.821. The smallest absolute Gasteiger partial charge is 0.217 e. The van der Waals surface area contributed by atoms with Gasteiger partial charge in [-0.15, -0.1) is 0 Å². The predicted octanol–water partition coefficient (Wildman–Crippen LogP) is 3.33. The number of nitrogens with one attached hydrogen (secondary N) is 1. The lowest BCUT2D eigenvalue weighted by atomic mass is 10.0. The maximum atomic E-state index is 13.4. The molecule has 1 saturated heterocycles. The molecule has 4 nitrogen and oxygen atoms in total. The maximum absolute atomic E-state index is 13.4. The van der Waals surface area contributed by atoms with Gasteiger partial charge in [-0.05, 0) is 54.8 Å². The number of amides is 1. The summed E-state index contributed by atoms with van der Waals surface area (Å²) in [4.78, 5) is 17.6. The van der Waals surface area contributed by atoms with E-state index in [9.17, 15) is 13.6 Å². The first-order chi connectivity index (χ1) is 12.0. The van der Waals surface area contributed by atoms with Crippen LogP contribution < -0.4 is 5.32 Å². The van der Waals surface area contributed by atoms with Gasteiger partial charge in [-0.25, -0.2) is 8.78 Å². The number of hydrogen-bond acceptors (Lipinski definition) is 3. The van der Waals surface area contributed by atoms with Crippen LogP contribution in [0.5, 0.6) is 0 Å². The molecular weight excluding hydrogens is 324 g/mol. The first-order valence-electron chi connectivity index (χ1n) is 8.40. The summed E-state index contributed by atoms with van der Waals surface area (Å²) in [5, 5.41) is 2.75. The number of halogens is 2. The van der Waals surface area contributed by atoms with Crippen LogP contribution in [0.3, 0.4) is 0 Å². The van der Waals surface area contributed by atoms with Gasteiger partial charge in [0.05, 0.1) is 12.2 Å². The van der Waals surface area contributed by atoms with Gasteiger partial charge in [0, 0.05) is 25.7 Å². The van der Waals surface area contributed by atoms with Crippen molar-refractivity contribution in [1.82, 2.24) is 15.2 Å². The fourth-order valence-electron chi connectivity index (χ4n) is 3.28. The number of rotatable bonds is 5. The zero-order chi connectivity index (χ0) is 17.8. The highest BCUT2D eigenvalue weighted by Crippen LogP contribution is 2.33. The highest BCUT2D eigenvalue weighted by Gasteiger charge is 2.26. The molecule has 3 rings (SSSR count). The van der Waals surface area contributed by atoms with E-state index in [1.165, 1.54) is 19.1 Å². The van der Waals surface area contributed by atoms with E-state index in [4.69, 9.17) is 0 Å². The Morgan fingerprint density at radius 2 is 2.12 bits per heavy atom. The molecule has 1 aliphatic rings. The van der Waals surface area contributed by atoms with E-state index in [0.29, 0.717) is 13.1 Å². The van der Waals surface area contributed by atoms with Gasteiger partial charge in [0.1, 0.15) is 0 Å². The molecule has 1 N–H and O–H groups in total. The fourth-order valence-corrected chi connectivity index (χ4v) is 3.28. The van der Waals surface area contributed by atoms with Crippen molar-refractivity contribution < 1.29 is 13.6 Å². The molecule has 132 valence electrons. The van der Waals surface area contributed by atoms with E-state index in [2.05, 4.69) is 15.2 Å². The van der Waals surface area contributed by atoms with Crippen LogP contribution in [0.2, 0.25) is 0 Å². The third-order valence-corrected chi connectivity index (χ3v) is 4.48. The summed E-state index contributed by atoms with van der Waals surface area (Å²) in [6.07, 6.45) is 3.81. The summed E-state index contributed by atoms with van der Waals surface area (Å²) in [5.74, 6) is -1.72. The average molecular weight is 345 g/mol. The first kappa shape index (κ1) is 17.5. The molecule has 1 fully saturated rings. The van der Waals surface area contributed by atoms with Crippen molar-refractivity contribution in [1.29, 1.82) is 0 Å². The van der Waals surface area contributed by atoms with E-state index < -0.39 is 11.6 Å². The van der Waals surface area contributed by atoms with Crippen molar-refractivity contribution in [2.24, 2.45) is 0 Å². The molecule has 6 heteroatoms. The average Bonchev–Trinajstić information content (AvgIpc) is 3.05. The van der Waals surface area contributed by atoms with E-state index in [1.807, 2.05) is 12.1 Å². The van der Waals surface area contributed by atoms with Gasteiger partial charge in [0.25, 0.3) is 0 Å². The largest absolute Gasteiger partial charge is 0.351 e. The third kappa shape index (κ3) is 4.39. The van der Waals surface area contributed by atoms with Crippen LogP contribution in [-0.4, -0.2) is 22.3 Å². The number of nitrogens with zero attached hydrogens (tertiary/aromatic N) is 2. The molecular formula is C19H21F2N3O. The van der Waals surface area contributed by atoms with Crippen molar-refractivity contribution >= 4 is 5.91 Å². The first-order valence-corrected chi connectivity index (χ1v) is 8.40. The summed E-state index contributed by atoms with van der Waals surface area (Å²) < 4.78 is 26.5. The molecule has 2 aromatic rings. The number of benzene rings is 1. The van der Waals surface area contributed by atoms with Crippen LogP contribution in [0.1, 0.15) is 42.6 Å². The van der Waals surface area contributed by atoms with Crippen LogP contribution in [0.25, 0.3) is 0 Å². The quantitative estimate of drug-likeness (QED) is 0.904. The second-order valence-corrected chi connectivity index (χ2v) is 6.37. The zero-order valence-electron chi connectivity index (χ0n) is 14.1. The van der Waals surface area contributed by atoms with Crippen molar-refractivity contribution in [3.8, 4) is 0 Å². The molecule has 0 bridgehead atoms. The summed E-state index contributed by atoms with van der Waals surface area (Å²) >= 11 is 0. The SMILES string of the molecule is CC(=O)NCc1cc([C@@H]2CCCN2Cc2ccc(F)c(F)c2)ccn1. The Kier molecular flexibility index (Phi) is 5.38. The molecule has 1 aromatic heterocycles. The number of aromatic nitrogens is 1. The Bertz CT molecular complexity index is 766. The van der Waals surface area contributed by atoms with E-state index in [1.54, 1.807) is 12.3 Å². The van der Waals surface area contributed by atoms with Gasteiger partial charge in [0.2, 0.25) is 5.91 Å². The second kappa shape index (κ2) is 7.70. The Labute approximate surface area is 145 Å². The highest BCUT2D eigenvalue weighted by atomic mass is 19.2. The lowest BCUT2D eigenvalue weighted by Gasteiger charge is -2.25. The minimum Gasteiger partial charge on any atom is -0.351 e. The molecule has 1 amide bonds. The Morgan fingerprint density at radius 1 is 1.28 bits per heavy atom. The summed E-state index contributed by atoms with van der Waals surface area (Å²) in [6, 6.07) is 8.26. The monoisotopic (exact) mass is 345 g/mol. The van der Waals surface area contributed by atoms with Crippen molar-refractivity contribution in [3.63, 3.8) is 0 Å². The molecule has 1 aliphatic heterocycles. The molecule has 0 saturated carbocycles. The number of pyridine rings is 1. The van der Waals surface area contributed by atoms with Crippen molar-refractivity contribution in [3.05, 3.63) is 65.0 Å². The molecule has 2 heterocycles. The van der Waals surface area contributed by atoms with Crippen LogP contribution >= 0.6 is 0 Å². The Morgan fingerprint density at radius 3 is 2.88 bits per heavy atom. The minimum absolute atomic E-state index is 0.0898. The number of carbonyl (C=O) groups excluding carboxylic acids is 1. The van der Waals surface area contributed by atoms with Crippen molar-refractivity contribution in [2.45, 2.75) is 38.9 Å². The lowest BCUT2D eigenvalue weighted by Crippen LogP contribution is -2.23. The van der Waals surface area contributed by atoms with E-state index in [-0.39, 0.29) is 11.9 Å². The predicted molar refractivity (Wildman–Crippen MR) is 90.5 cm³/mol. The van der Waals surface area contributed by atoms with Gasteiger partial charge in [0.15, 0.2) is 11.6 Å². The highest BCUT2D eigenvalue weighted by molar-refractivity contribution is 5.72. The zero-order valence-corrected chi connectivity index (χ0v) is 14.1. The second-order valence-electron chi connectivity index (χ2n) is 6.37. The molecule has 0 spiro atoms. The number of likely N-dealkylation sites (tertiary alicyclic amines) is 1. The lowest BCUT2D eigenvalue weighted by molar-refractivity contribution is -0.119. The van der Waals surface area contributed by atoms with Gasteiger partial charge in [-0.3, -0.25) is 14.7 Å². The van der Waals surface area contributed by atoms with E-state index >= 15 is 0 Å². The Balaban J connectivity index is 1.73. The normalized spacial score (nSPS) is 17.6. The molecule has 0 aliphatic carbocycles. The van der Waals surface area contributed by atoms with Gasteiger partial charge < -0.3 is 5.32 Å². The van der Waals surface area contributed by atoms with Crippen LogP contribution in [0.4, 0.5) is 8.78 Å². The van der Waals surface area contributed by atoms with Crippen LogP contribution in [0.15, 0.2) is 36.5 Å². The molecule has 1 atom stereocenters. The maximum Gasteiger partial charge on any atom is 0.217 e. The summed E-state index contributed by atoms with van der Waals surface area (Å²) in [5.41, 5.74) is 2.71. The molecule has 0 radical (unpaired) electrons. The van der Waals surface area contributed by atoms with Gasteiger partial charge in [-0.1, -0.05) is 6.07 Å². The molecule has 0 unspecified atom stereocenters. The van der Waals surface area contributed by atoms with E-state index in [0.717, 1.165) is 36.2 Å². The number of hydrogen-bond donors (Lipinski definition) is 1. The molecule has 25 heavy (non-hydrogen) atoms. The summed E-state index contributed by atoms with van der Waals surface area (Å²) in [7, 11) is 0. The van der Waals surface area contributed by atoms with Crippen molar-refractivity contribution in [2.75, 3.05) is 6.54 Å². The van der Waals surface area contributed by atoms with Gasteiger partial charge in [-0.2, -0.15) is 0 Å². The van der Waals surface area contributed by atoms with Crippen LogP contribution in [0, 0.1) is 11.6 Å². The third-order valence-electron chi connectivity index (χ3n) is 4.48. The summed E-state index contributed by atoms with van der Waals surface area (Å²) in [6.45, 7) is 3.36. The standard InChI is InChI=1S/C19H21F2N3O/c1-13(25)23-11-16-10-15(6-7-22-16)19-3-2-8-24(19)12-14-4-5-17(20)18(21)9-14/h4-7,9-10,19H,2-3,8,11-12H2,1H3,(H,23,25)/t19-/m0/s1. The number of carbonyl (C=O) groups is 1. The topological polar surface area (TPSA) is 45.2 Å². The Hall–Kier alpha value is -2.34. The van der Waals surface area contributed by atoms with Crippen LogP contribution in [-0.2, 0) is 17.9 Å².